The highest BCUT2D eigenvalue weighted by Gasteiger charge is 2.29. The molecule has 0 aliphatic heterocycles. The van der Waals surface area contributed by atoms with E-state index in [1.165, 1.54) is 0 Å². The van der Waals surface area contributed by atoms with Crippen molar-refractivity contribution < 1.29 is 23.1 Å². The monoisotopic (exact) mass is 493 g/mol. The van der Waals surface area contributed by atoms with Gasteiger partial charge in [0.2, 0.25) is 0 Å². The molecule has 2 amide bonds. The second-order valence-electron chi connectivity index (χ2n) is 9.01. The SMILES string of the molecule is NC1CCC(N(Cc2ccc(NC(=O)COc3ccccc3)cc2)C(=O)c2cc(F)cc(F)c2)CC1. The van der Waals surface area contributed by atoms with E-state index < -0.39 is 17.5 Å². The van der Waals surface area contributed by atoms with Gasteiger partial charge in [0.05, 0.1) is 0 Å². The van der Waals surface area contributed by atoms with E-state index in [0.29, 0.717) is 11.4 Å². The molecule has 4 rings (SSSR count). The minimum atomic E-state index is -0.791. The lowest BCUT2D eigenvalue weighted by Crippen LogP contribution is -2.43. The minimum absolute atomic E-state index is 0.0235. The quantitative estimate of drug-likeness (QED) is 0.468. The molecular weight excluding hydrogens is 464 g/mol. The third-order valence-corrected chi connectivity index (χ3v) is 6.26. The molecule has 188 valence electrons. The van der Waals surface area contributed by atoms with Crippen molar-refractivity contribution in [3.63, 3.8) is 0 Å². The Labute approximate surface area is 209 Å². The third-order valence-electron chi connectivity index (χ3n) is 6.26. The van der Waals surface area contributed by atoms with Gasteiger partial charge in [-0.2, -0.15) is 0 Å². The van der Waals surface area contributed by atoms with E-state index in [0.717, 1.165) is 49.4 Å². The summed E-state index contributed by atoms with van der Waals surface area (Å²) in [4.78, 5) is 27.2. The fraction of sp³-hybridized carbons (Fsp3) is 0.286. The first-order valence-corrected chi connectivity index (χ1v) is 12.0. The summed E-state index contributed by atoms with van der Waals surface area (Å²) in [5, 5.41) is 2.78. The summed E-state index contributed by atoms with van der Waals surface area (Å²) in [5.41, 5.74) is 7.44. The van der Waals surface area contributed by atoms with Crippen LogP contribution in [0.5, 0.6) is 5.75 Å². The molecule has 8 heteroatoms. The van der Waals surface area contributed by atoms with Crippen LogP contribution in [0.4, 0.5) is 14.5 Å². The standard InChI is InChI=1S/C28H29F2N3O3/c29-21-14-20(15-22(30)16-21)28(35)33(25-12-8-23(31)9-13-25)17-19-6-10-24(11-7-19)32-27(34)18-36-26-4-2-1-3-5-26/h1-7,10-11,14-16,23,25H,8-9,12-13,17-18,31H2,(H,32,34). The van der Waals surface area contributed by atoms with Crippen LogP contribution in [0.3, 0.4) is 0 Å². The molecule has 3 aromatic rings. The average Bonchev–Trinajstić information content (AvgIpc) is 2.87. The Balaban J connectivity index is 1.43. The maximum Gasteiger partial charge on any atom is 0.262 e. The maximum absolute atomic E-state index is 13.8. The van der Waals surface area contributed by atoms with Gasteiger partial charge in [0.1, 0.15) is 17.4 Å². The molecule has 36 heavy (non-hydrogen) atoms. The summed E-state index contributed by atoms with van der Waals surface area (Å²) < 4.78 is 33.1. The number of para-hydroxylation sites is 1. The summed E-state index contributed by atoms with van der Waals surface area (Å²) in [6, 6.07) is 19.1. The zero-order valence-corrected chi connectivity index (χ0v) is 19.8. The molecule has 0 bridgehead atoms. The fourth-order valence-electron chi connectivity index (χ4n) is 4.38. The molecule has 3 N–H and O–H groups in total. The summed E-state index contributed by atoms with van der Waals surface area (Å²) in [6.07, 6.45) is 3.00. The number of benzene rings is 3. The summed E-state index contributed by atoms with van der Waals surface area (Å²) in [7, 11) is 0. The van der Waals surface area contributed by atoms with Crippen LogP contribution < -0.4 is 15.8 Å². The molecule has 1 fully saturated rings. The van der Waals surface area contributed by atoms with E-state index in [1.54, 1.807) is 29.2 Å². The number of hydrogen-bond acceptors (Lipinski definition) is 4. The van der Waals surface area contributed by atoms with E-state index in [-0.39, 0.29) is 36.7 Å². The van der Waals surface area contributed by atoms with Crippen molar-refractivity contribution in [2.45, 2.75) is 44.3 Å². The highest BCUT2D eigenvalue weighted by molar-refractivity contribution is 5.94. The largest absolute Gasteiger partial charge is 0.484 e. The van der Waals surface area contributed by atoms with Crippen molar-refractivity contribution in [1.29, 1.82) is 0 Å². The zero-order chi connectivity index (χ0) is 25.5. The highest BCUT2D eigenvalue weighted by atomic mass is 19.1. The van der Waals surface area contributed by atoms with Crippen molar-refractivity contribution >= 4 is 17.5 Å². The Morgan fingerprint density at radius 1 is 0.917 bits per heavy atom. The van der Waals surface area contributed by atoms with E-state index in [4.69, 9.17) is 10.5 Å². The molecular formula is C28H29F2N3O3. The van der Waals surface area contributed by atoms with Crippen LogP contribution in [-0.2, 0) is 11.3 Å². The molecule has 1 saturated carbocycles. The van der Waals surface area contributed by atoms with E-state index in [9.17, 15) is 18.4 Å². The smallest absolute Gasteiger partial charge is 0.262 e. The van der Waals surface area contributed by atoms with E-state index >= 15 is 0 Å². The minimum Gasteiger partial charge on any atom is -0.484 e. The second kappa shape index (κ2) is 11.8. The first-order chi connectivity index (χ1) is 17.4. The lowest BCUT2D eigenvalue weighted by molar-refractivity contribution is -0.118. The number of carbonyl (C=O) groups excluding carboxylic acids is 2. The molecule has 0 heterocycles. The van der Waals surface area contributed by atoms with Gasteiger partial charge in [-0.1, -0.05) is 30.3 Å². The van der Waals surface area contributed by atoms with Crippen LogP contribution in [0.2, 0.25) is 0 Å². The van der Waals surface area contributed by atoms with Crippen LogP contribution in [0.1, 0.15) is 41.6 Å². The van der Waals surface area contributed by atoms with Gasteiger partial charge < -0.3 is 20.7 Å². The maximum atomic E-state index is 13.8. The molecule has 3 aromatic carbocycles. The molecule has 0 spiro atoms. The van der Waals surface area contributed by atoms with Crippen LogP contribution in [0.25, 0.3) is 0 Å². The van der Waals surface area contributed by atoms with Crippen molar-refractivity contribution in [2.24, 2.45) is 5.73 Å². The third kappa shape index (κ3) is 6.88. The number of nitrogens with zero attached hydrogens (tertiary/aromatic N) is 1. The number of anilines is 1. The number of carbonyl (C=O) groups is 2. The molecule has 0 radical (unpaired) electrons. The number of nitrogens with one attached hydrogen (secondary N) is 1. The summed E-state index contributed by atoms with van der Waals surface area (Å²) >= 11 is 0. The predicted molar refractivity (Wildman–Crippen MR) is 133 cm³/mol. The molecule has 1 aliphatic rings. The number of nitrogens with two attached hydrogens (primary N) is 1. The van der Waals surface area contributed by atoms with Crippen molar-refractivity contribution in [1.82, 2.24) is 4.90 Å². The van der Waals surface area contributed by atoms with Crippen LogP contribution in [-0.4, -0.2) is 35.4 Å². The summed E-state index contributed by atoms with van der Waals surface area (Å²) in [6.45, 7) is 0.143. The molecule has 0 atom stereocenters. The first kappa shape index (κ1) is 25.3. The Morgan fingerprint density at radius 3 is 2.19 bits per heavy atom. The highest BCUT2D eigenvalue weighted by Crippen LogP contribution is 2.26. The van der Waals surface area contributed by atoms with Crippen molar-refractivity contribution in [3.05, 3.63) is 95.6 Å². The number of amides is 2. The first-order valence-electron chi connectivity index (χ1n) is 12.0. The van der Waals surface area contributed by atoms with Gasteiger partial charge in [-0.25, -0.2) is 8.78 Å². The van der Waals surface area contributed by atoms with Gasteiger partial charge >= 0.3 is 0 Å². The van der Waals surface area contributed by atoms with Gasteiger partial charge in [0.15, 0.2) is 6.61 Å². The van der Waals surface area contributed by atoms with Gasteiger partial charge in [-0.3, -0.25) is 9.59 Å². The molecule has 0 aromatic heterocycles. The Kier molecular flexibility index (Phi) is 8.28. The molecule has 0 unspecified atom stereocenters. The van der Waals surface area contributed by atoms with Crippen LogP contribution in [0, 0.1) is 11.6 Å². The second-order valence-corrected chi connectivity index (χ2v) is 9.01. The van der Waals surface area contributed by atoms with Crippen LogP contribution in [0.15, 0.2) is 72.8 Å². The van der Waals surface area contributed by atoms with E-state index in [2.05, 4.69) is 5.32 Å². The Morgan fingerprint density at radius 2 is 1.56 bits per heavy atom. The number of hydrogen-bond donors (Lipinski definition) is 2. The summed E-state index contributed by atoms with van der Waals surface area (Å²) in [5.74, 6) is -1.70. The lowest BCUT2D eigenvalue weighted by atomic mass is 9.90. The van der Waals surface area contributed by atoms with E-state index in [1.807, 2.05) is 30.3 Å². The molecule has 1 aliphatic carbocycles. The predicted octanol–water partition coefficient (Wildman–Crippen LogP) is 4.89. The van der Waals surface area contributed by atoms with Crippen LogP contribution >= 0.6 is 0 Å². The van der Waals surface area contributed by atoms with Gasteiger partial charge in [0.25, 0.3) is 11.8 Å². The number of halogens is 2. The lowest BCUT2D eigenvalue weighted by Gasteiger charge is -2.36. The average molecular weight is 494 g/mol. The number of rotatable bonds is 8. The molecule has 6 nitrogen and oxygen atoms in total. The fourth-order valence-corrected chi connectivity index (χ4v) is 4.38. The number of ether oxygens (including phenoxy) is 1. The Bertz CT molecular complexity index is 1160. The molecule has 0 saturated heterocycles. The van der Waals surface area contributed by atoms with Crippen molar-refractivity contribution in [3.8, 4) is 5.75 Å². The Hall–Kier alpha value is -3.78. The van der Waals surface area contributed by atoms with Gasteiger partial charge in [-0.15, -0.1) is 0 Å². The topological polar surface area (TPSA) is 84.7 Å². The normalized spacial score (nSPS) is 17.3. The van der Waals surface area contributed by atoms with Gasteiger partial charge in [-0.05, 0) is 67.6 Å². The zero-order valence-electron chi connectivity index (χ0n) is 19.8. The van der Waals surface area contributed by atoms with Crippen molar-refractivity contribution in [2.75, 3.05) is 11.9 Å². The van der Waals surface area contributed by atoms with Gasteiger partial charge in [0, 0.05) is 35.9 Å².